The summed E-state index contributed by atoms with van der Waals surface area (Å²) in [6.07, 6.45) is -0.476. The zero-order valence-electron chi connectivity index (χ0n) is 11.3. The van der Waals surface area contributed by atoms with Crippen LogP contribution in [0, 0.1) is 32.1 Å². The van der Waals surface area contributed by atoms with Gasteiger partial charge in [-0.05, 0) is 37.5 Å². The normalized spacial score (nSPS) is 9.72. The number of nitrogens with zero attached hydrogens (tertiary/aromatic N) is 2. The van der Waals surface area contributed by atoms with Crippen molar-refractivity contribution in [2.24, 2.45) is 0 Å². The van der Waals surface area contributed by atoms with Crippen molar-refractivity contribution >= 4 is 6.09 Å². The van der Waals surface area contributed by atoms with Crippen LogP contribution < -0.4 is 0 Å². The molecule has 0 aromatic heterocycles. The van der Waals surface area contributed by atoms with Crippen LogP contribution in [0.2, 0.25) is 0 Å². The fourth-order valence-corrected chi connectivity index (χ4v) is 1.85. The molecule has 0 bridgehead atoms. The van der Waals surface area contributed by atoms with Gasteiger partial charge in [0.25, 0.3) is 0 Å². The maximum absolute atomic E-state index is 11.5. The number of rotatable bonds is 3. The molecule has 0 saturated heterocycles. The van der Waals surface area contributed by atoms with Crippen molar-refractivity contribution < 1.29 is 9.53 Å². The van der Waals surface area contributed by atoms with E-state index >= 15 is 0 Å². The highest BCUT2D eigenvalue weighted by molar-refractivity contribution is 5.67. The molecule has 1 aromatic rings. The van der Waals surface area contributed by atoms with Gasteiger partial charge in [0.05, 0.1) is 6.07 Å². The Hall–Kier alpha value is -2.02. The summed E-state index contributed by atoms with van der Waals surface area (Å²) in [5, 5.41) is 8.49. The minimum Gasteiger partial charge on any atom is -0.445 e. The number of hydrogen-bond donors (Lipinski definition) is 0. The Bertz CT molecular complexity index is 466. The first kappa shape index (κ1) is 14.0. The van der Waals surface area contributed by atoms with Crippen molar-refractivity contribution in [3.63, 3.8) is 0 Å². The predicted molar refractivity (Wildman–Crippen MR) is 69.1 cm³/mol. The molecular weight excluding hydrogens is 228 g/mol. The highest BCUT2D eigenvalue weighted by atomic mass is 16.6. The van der Waals surface area contributed by atoms with E-state index in [1.807, 2.05) is 26.8 Å². The second kappa shape index (κ2) is 6.06. The van der Waals surface area contributed by atoms with Crippen molar-refractivity contribution in [2.75, 3.05) is 13.6 Å². The van der Waals surface area contributed by atoms with Crippen molar-refractivity contribution in [3.8, 4) is 6.07 Å². The fraction of sp³-hybridized carbons (Fsp3) is 0.429. The minimum atomic E-state index is -0.476. The van der Waals surface area contributed by atoms with Crippen LogP contribution in [0.3, 0.4) is 0 Å². The van der Waals surface area contributed by atoms with Crippen molar-refractivity contribution in [3.05, 3.63) is 34.4 Å². The Morgan fingerprint density at radius 1 is 1.33 bits per heavy atom. The fourth-order valence-electron chi connectivity index (χ4n) is 1.85. The van der Waals surface area contributed by atoms with Gasteiger partial charge in [0.2, 0.25) is 0 Å². The molecule has 0 aliphatic rings. The molecule has 1 amide bonds. The van der Waals surface area contributed by atoms with Crippen LogP contribution in [-0.4, -0.2) is 24.6 Å². The van der Waals surface area contributed by atoms with Gasteiger partial charge in [0.1, 0.15) is 13.2 Å². The topological polar surface area (TPSA) is 53.3 Å². The number of carbonyl (C=O) groups excluding carboxylic acids is 1. The largest absolute Gasteiger partial charge is 0.445 e. The molecule has 0 N–H and O–H groups in total. The second-order valence-electron chi connectivity index (χ2n) is 4.45. The van der Waals surface area contributed by atoms with Crippen LogP contribution in [0.25, 0.3) is 0 Å². The Morgan fingerprint density at radius 2 is 1.89 bits per heavy atom. The predicted octanol–water partition coefficient (Wildman–Crippen LogP) is 2.70. The first-order valence-corrected chi connectivity index (χ1v) is 5.77. The summed E-state index contributed by atoms with van der Waals surface area (Å²) in [5.74, 6) is 0. The minimum absolute atomic E-state index is 0.0324. The van der Waals surface area contributed by atoms with Gasteiger partial charge in [-0.15, -0.1) is 0 Å². The van der Waals surface area contributed by atoms with Gasteiger partial charge >= 0.3 is 6.09 Å². The highest BCUT2D eigenvalue weighted by Gasteiger charge is 2.11. The monoisotopic (exact) mass is 246 g/mol. The lowest BCUT2D eigenvalue weighted by Crippen LogP contribution is -2.27. The molecular formula is C14H18N2O2. The van der Waals surface area contributed by atoms with Crippen LogP contribution >= 0.6 is 0 Å². The number of aryl methyl sites for hydroxylation is 3. The first-order valence-electron chi connectivity index (χ1n) is 5.77. The molecule has 0 unspecified atom stereocenters. The highest BCUT2D eigenvalue weighted by Crippen LogP contribution is 2.17. The smallest absolute Gasteiger partial charge is 0.410 e. The molecule has 0 heterocycles. The first-order chi connectivity index (χ1) is 8.45. The summed E-state index contributed by atoms with van der Waals surface area (Å²) in [7, 11) is 1.54. The second-order valence-corrected chi connectivity index (χ2v) is 4.45. The average molecular weight is 246 g/mol. The quantitative estimate of drug-likeness (QED) is 0.770. The van der Waals surface area contributed by atoms with Crippen molar-refractivity contribution in [1.82, 2.24) is 4.90 Å². The van der Waals surface area contributed by atoms with Crippen LogP contribution in [0.1, 0.15) is 22.3 Å². The van der Waals surface area contributed by atoms with Crippen LogP contribution in [0.5, 0.6) is 0 Å². The molecule has 18 heavy (non-hydrogen) atoms. The third kappa shape index (κ3) is 3.49. The molecule has 1 rings (SSSR count). The van der Waals surface area contributed by atoms with E-state index in [2.05, 4.69) is 12.1 Å². The van der Waals surface area contributed by atoms with E-state index in [0.29, 0.717) is 0 Å². The van der Waals surface area contributed by atoms with E-state index in [0.717, 1.165) is 16.7 Å². The summed E-state index contributed by atoms with van der Waals surface area (Å²) in [6.45, 7) is 6.32. The van der Waals surface area contributed by atoms with Crippen LogP contribution in [0.4, 0.5) is 4.79 Å². The number of amides is 1. The van der Waals surface area contributed by atoms with Crippen molar-refractivity contribution in [2.45, 2.75) is 27.4 Å². The Labute approximate surface area is 108 Å². The molecule has 0 saturated carbocycles. The molecule has 4 heteroatoms. The number of nitriles is 1. The lowest BCUT2D eigenvalue weighted by Gasteiger charge is -2.15. The molecule has 1 aromatic carbocycles. The third-order valence-electron chi connectivity index (χ3n) is 2.80. The third-order valence-corrected chi connectivity index (χ3v) is 2.80. The number of ether oxygens (including phenoxy) is 1. The Morgan fingerprint density at radius 3 is 2.39 bits per heavy atom. The SMILES string of the molecule is Cc1cc(C)c(COC(=O)N(C)CC#N)c(C)c1. The number of benzene rings is 1. The summed E-state index contributed by atoms with van der Waals surface area (Å²) in [4.78, 5) is 12.8. The van der Waals surface area contributed by atoms with Crippen LogP contribution in [-0.2, 0) is 11.3 Å². The molecule has 0 atom stereocenters. The summed E-state index contributed by atoms with van der Waals surface area (Å²) in [5.41, 5.74) is 4.45. The van der Waals surface area contributed by atoms with E-state index in [9.17, 15) is 4.79 Å². The summed E-state index contributed by atoms with van der Waals surface area (Å²) in [6, 6.07) is 6.03. The number of carbonyl (C=O) groups is 1. The van der Waals surface area contributed by atoms with Gasteiger partial charge in [0.15, 0.2) is 0 Å². The Balaban J connectivity index is 2.70. The van der Waals surface area contributed by atoms with E-state index in [1.165, 1.54) is 10.5 Å². The Kier molecular flexibility index (Phi) is 4.73. The lowest BCUT2D eigenvalue weighted by atomic mass is 10.0. The van der Waals surface area contributed by atoms with Gasteiger partial charge < -0.3 is 4.74 Å². The van der Waals surface area contributed by atoms with Gasteiger partial charge in [-0.2, -0.15) is 5.26 Å². The van der Waals surface area contributed by atoms with Gasteiger partial charge in [0, 0.05) is 7.05 Å². The maximum atomic E-state index is 11.5. The molecule has 0 aliphatic heterocycles. The van der Waals surface area contributed by atoms with E-state index in [-0.39, 0.29) is 13.2 Å². The van der Waals surface area contributed by atoms with E-state index in [4.69, 9.17) is 10.00 Å². The molecule has 0 radical (unpaired) electrons. The lowest BCUT2D eigenvalue weighted by molar-refractivity contribution is 0.108. The van der Waals surface area contributed by atoms with E-state index < -0.39 is 6.09 Å². The van der Waals surface area contributed by atoms with Gasteiger partial charge in [-0.3, -0.25) is 4.90 Å². The molecule has 0 fully saturated rings. The standard InChI is InChI=1S/C14H18N2O2/c1-10-7-11(2)13(12(3)8-10)9-18-14(17)16(4)6-5-15/h7-8H,6,9H2,1-4H3. The average Bonchev–Trinajstić information content (AvgIpc) is 2.27. The molecule has 4 nitrogen and oxygen atoms in total. The maximum Gasteiger partial charge on any atom is 0.410 e. The van der Waals surface area contributed by atoms with E-state index in [1.54, 1.807) is 7.05 Å². The number of hydrogen-bond acceptors (Lipinski definition) is 3. The van der Waals surface area contributed by atoms with Crippen molar-refractivity contribution in [1.29, 1.82) is 5.26 Å². The zero-order chi connectivity index (χ0) is 13.7. The van der Waals surface area contributed by atoms with Gasteiger partial charge in [-0.25, -0.2) is 4.79 Å². The van der Waals surface area contributed by atoms with Crippen LogP contribution in [0.15, 0.2) is 12.1 Å². The van der Waals surface area contributed by atoms with Gasteiger partial charge in [-0.1, -0.05) is 17.7 Å². The molecule has 96 valence electrons. The summed E-state index contributed by atoms with van der Waals surface area (Å²) >= 11 is 0. The molecule has 0 aliphatic carbocycles. The molecule has 0 spiro atoms. The summed E-state index contributed by atoms with van der Waals surface area (Å²) < 4.78 is 5.18. The zero-order valence-corrected chi connectivity index (χ0v) is 11.3.